The van der Waals surface area contributed by atoms with Crippen molar-refractivity contribution in [1.29, 1.82) is 0 Å². The number of fused-ring (bicyclic) bond motifs is 1. The summed E-state index contributed by atoms with van der Waals surface area (Å²) in [7, 11) is 0. The Morgan fingerprint density at radius 2 is 1.91 bits per heavy atom. The molecule has 0 radical (unpaired) electrons. The third kappa shape index (κ3) is 4.12. The molecule has 164 valence electrons. The number of hydrogen-bond acceptors (Lipinski definition) is 6. The van der Waals surface area contributed by atoms with Gasteiger partial charge in [-0.15, -0.1) is 0 Å². The van der Waals surface area contributed by atoms with Gasteiger partial charge in [-0.3, -0.25) is 9.59 Å². The lowest BCUT2D eigenvalue weighted by Gasteiger charge is -2.26. The van der Waals surface area contributed by atoms with E-state index in [-0.39, 0.29) is 36.5 Å². The van der Waals surface area contributed by atoms with E-state index in [1.165, 1.54) is 12.3 Å². The Bertz CT molecular complexity index is 1240. The SMILES string of the molecule is CCOC(=O)c1c[nH]c(=O)c2c1OC(=O)CC2c1ccccc1OCc1ccccc1F. The number of aromatic nitrogens is 1. The number of benzene rings is 2. The number of pyridine rings is 1. The fourth-order valence-electron chi connectivity index (χ4n) is 3.68. The summed E-state index contributed by atoms with van der Waals surface area (Å²) in [5.41, 5.74) is 0.525. The van der Waals surface area contributed by atoms with Crippen LogP contribution >= 0.6 is 0 Å². The Hall–Kier alpha value is -3.94. The molecule has 0 spiro atoms. The summed E-state index contributed by atoms with van der Waals surface area (Å²) in [5, 5.41) is 0. The number of esters is 2. The lowest BCUT2D eigenvalue weighted by molar-refractivity contribution is -0.135. The summed E-state index contributed by atoms with van der Waals surface area (Å²) in [6.07, 6.45) is 1.05. The Labute approximate surface area is 182 Å². The maximum absolute atomic E-state index is 14.0. The second kappa shape index (κ2) is 9.05. The van der Waals surface area contributed by atoms with Gasteiger partial charge in [0.1, 0.15) is 23.7 Å². The van der Waals surface area contributed by atoms with Crippen molar-refractivity contribution >= 4 is 11.9 Å². The molecule has 1 aromatic heterocycles. The Kier molecular flexibility index (Phi) is 6.02. The van der Waals surface area contributed by atoms with E-state index in [1.54, 1.807) is 49.4 Å². The quantitative estimate of drug-likeness (QED) is 0.591. The van der Waals surface area contributed by atoms with Crippen LogP contribution in [-0.2, 0) is 16.1 Å². The van der Waals surface area contributed by atoms with E-state index in [0.29, 0.717) is 16.9 Å². The number of halogens is 1. The summed E-state index contributed by atoms with van der Waals surface area (Å²) in [6, 6.07) is 13.1. The molecule has 0 saturated carbocycles. The molecule has 4 rings (SSSR count). The maximum Gasteiger partial charge on any atom is 0.343 e. The van der Waals surface area contributed by atoms with Gasteiger partial charge in [0.2, 0.25) is 0 Å². The molecule has 1 atom stereocenters. The van der Waals surface area contributed by atoms with Crippen molar-refractivity contribution < 1.29 is 28.2 Å². The largest absolute Gasteiger partial charge is 0.488 e. The predicted octanol–water partition coefficient (Wildman–Crippen LogP) is 3.71. The van der Waals surface area contributed by atoms with Crippen LogP contribution in [0.4, 0.5) is 4.39 Å². The number of aromatic amines is 1. The average molecular weight is 437 g/mol. The normalized spacial score (nSPS) is 14.9. The number of rotatable bonds is 6. The number of carbonyl (C=O) groups is 2. The van der Waals surface area contributed by atoms with Crippen LogP contribution in [0.25, 0.3) is 0 Å². The van der Waals surface area contributed by atoms with Gasteiger partial charge in [-0.2, -0.15) is 0 Å². The molecule has 0 saturated heterocycles. The van der Waals surface area contributed by atoms with Gasteiger partial charge < -0.3 is 19.2 Å². The second-order valence-corrected chi connectivity index (χ2v) is 7.14. The van der Waals surface area contributed by atoms with Gasteiger partial charge >= 0.3 is 11.9 Å². The van der Waals surface area contributed by atoms with E-state index in [9.17, 15) is 18.8 Å². The van der Waals surface area contributed by atoms with Gasteiger partial charge in [0.05, 0.1) is 18.6 Å². The van der Waals surface area contributed by atoms with Crippen LogP contribution in [0, 0.1) is 5.82 Å². The van der Waals surface area contributed by atoms with Crippen molar-refractivity contribution in [2.45, 2.75) is 25.9 Å². The Morgan fingerprint density at radius 1 is 1.16 bits per heavy atom. The minimum atomic E-state index is -0.721. The first kappa shape index (κ1) is 21.3. The average Bonchev–Trinajstić information content (AvgIpc) is 2.78. The van der Waals surface area contributed by atoms with Crippen molar-refractivity contribution in [3.05, 3.63) is 93.2 Å². The standard InChI is InChI=1S/C24H20FNO6/c1-2-30-24(29)17-12-26-23(28)21-16(11-20(27)32-22(17)21)15-8-4-6-10-19(15)31-13-14-7-3-5-9-18(14)25/h3-10,12,16H,2,11,13H2,1H3,(H,26,28). The van der Waals surface area contributed by atoms with Gasteiger partial charge in [0.25, 0.3) is 5.56 Å². The van der Waals surface area contributed by atoms with Crippen LogP contribution in [0.15, 0.2) is 59.5 Å². The van der Waals surface area contributed by atoms with Crippen molar-refractivity contribution in [3.63, 3.8) is 0 Å². The second-order valence-electron chi connectivity index (χ2n) is 7.14. The molecule has 1 aliphatic rings. The number of hydrogen-bond donors (Lipinski definition) is 1. The van der Waals surface area contributed by atoms with E-state index >= 15 is 0 Å². The molecule has 1 N–H and O–H groups in total. The van der Waals surface area contributed by atoms with E-state index in [2.05, 4.69) is 4.98 Å². The summed E-state index contributed by atoms with van der Waals surface area (Å²) in [6.45, 7) is 1.73. The molecule has 1 unspecified atom stereocenters. The molecule has 2 aromatic carbocycles. The highest BCUT2D eigenvalue weighted by Crippen LogP contribution is 2.41. The molecule has 0 fully saturated rings. The minimum Gasteiger partial charge on any atom is -0.488 e. The predicted molar refractivity (Wildman–Crippen MR) is 112 cm³/mol. The molecule has 32 heavy (non-hydrogen) atoms. The van der Waals surface area contributed by atoms with Gasteiger partial charge in [-0.05, 0) is 19.1 Å². The number of para-hydroxylation sites is 1. The molecular formula is C24H20FNO6. The van der Waals surface area contributed by atoms with Gasteiger partial charge in [0, 0.05) is 23.2 Å². The third-order valence-corrected chi connectivity index (χ3v) is 5.15. The topological polar surface area (TPSA) is 94.7 Å². The fourth-order valence-corrected chi connectivity index (χ4v) is 3.68. The summed E-state index contributed by atoms with van der Waals surface area (Å²) in [4.78, 5) is 40.0. The van der Waals surface area contributed by atoms with Crippen LogP contribution in [0.1, 0.15) is 46.3 Å². The highest BCUT2D eigenvalue weighted by molar-refractivity contribution is 5.94. The monoisotopic (exact) mass is 437 g/mol. The first-order valence-electron chi connectivity index (χ1n) is 10.1. The number of nitrogens with one attached hydrogen (secondary N) is 1. The Balaban J connectivity index is 1.75. The first-order chi connectivity index (χ1) is 15.5. The van der Waals surface area contributed by atoms with Crippen molar-refractivity contribution in [2.24, 2.45) is 0 Å². The van der Waals surface area contributed by atoms with Crippen LogP contribution in [-0.4, -0.2) is 23.5 Å². The van der Waals surface area contributed by atoms with Crippen LogP contribution < -0.4 is 15.0 Å². The number of carbonyl (C=O) groups excluding carboxylic acids is 2. The third-order valence-electron chi connectivity index (χ3n) is 5.15. The molecular weight excluding hydrogens is 417 g/mol. The van der Waals surface area contributed by atoms with E-state index in [1.807, 2.05) is 0 Å². The van der Waals surface area contributed by atoms with Crippen molar-refractivity contribution in [2.75, 3.05) is 6.61 Å². The molecule has 0 aliphatic carbocycles. The van der Waals surface area contributed by atoms with Crippen LogP contribution in [0.3, 0.4) is 0 Å². The summed E-state index contributed by atoms with van der Waals surface area (Å²) >= 11 is 0. The van der Waals surface area contributed by atoms with E-state index < -0.39 is 29.2 Å². The fraction of sp³-hybridized carbons (Fsp3) is 0.208. The smallest absolute Gasteiger partial charge is 0.343 e. The van der Waals surface area contributed by atoms with Crippen molar-refractivity contribution in [3.8, 4) is 11.5 Å². The molecule has 0 bridgehead atoms. The lowest BCUT2D eigenvalue weighted by atomic mass is 9.85. The minimum absolute atomic E-state index is 0.0348. The zero-order valence-corrected chi connectivity index (χ0v) is 17.2. The van der Waals surface area contributed by atoms with E-state index in [0.717, 1.165) is 0 Å². The highest BCUT2D eigenvalue weighted by atomic mass is 19.1. The molecule has 7 nitrogen and oxygen atoms in total. The van der Waals surface area contributed by atoms with E-state index in [4.69, 9.17) is 14.2 Å². The molecule has 2 heterocycles. The van der Waals surface area contributed by atoms with Gasteiger partial charge in [0.15, 0.2) is 5.75 Å². The van der Waals surface area contributed by atoms with Crippen molar-refractivity contribution in [1.82, 2.24) is 4.98 Å². The maximum atomic E-state index is 14.0. The molecule has 8 heteroatoms. The van der Waals surface area contributed by atoms with Crippen LogP contribution in [0.2, 0.25) is 0 Å². The zero-order valence-electron chi connectivity index (χ0n) is 17.2. The molecule has 0 amide bonds. The van der Waals surface area contributed by atoms with Crippen LogP contribution in [0.5, 0.6) is 11.5 Å². The molecule has 1 aliphatic heterocycles. The Morgan fingerprint density at radius 3 is 2.69 bits per heavy atom. The number of H-pyrrole nitrogens is 1. The number of ether oxygens (including phenoxy) is 3. The summed E-state index contributed by atoms with van der Waals surface area (Å²) in [5.74, 6) is -2.15. The first-order valence-corrected chi connectivity index (χ1v) is 10.1. The highest BCUT2D eigenvalue weighted by Gasteiger charge is 2.36. The molecule has 3 aromatic rings. The van der Waals surface area contributed by atoms with Gasteiger partial charge in [-0.25, -0.2) is 9.18 Å². The lowest BCUT2D eigenvalue weighted by Crippen LogP contribution is -2.30. The summed E-state index contributed by atoms with van der Waals surface area (Å²) < 4.78 is 30.2. The van der Waals surface area contributed by atoms with Gasteiger partial charge in [-0.1, -0.05) is 36.4 Å². The zero-order chi connectivity index (χ0) is 22.7.